The summed E-state index contributed by atoms with van der Waals surface area (Å²) in [6.07, 6.45) is 3.30. The molecule has 2 aromatic rings. The fraction of sp³-hybridized carbons (Fsp3) is 0.571. The van der Waals surface area contributed by atoms with Gasteiger partial charge < -0.3 is 5.32 Å². The van der Waals surface area contributed by atoms with Gasteiger partial charge in [0.25, 0.3) is 5.56 Å². The van der Waals surface area contributed by atoms with E-state index in [2.05, 4.69) is 19.2 Å². The summed E-state index contributed by atoms with van der Waals surface area (Å²) < 4.78 is 1.88. The zero-order valence-electron chi connectivity index (χ0n) is 16.6. The minimum Gasteiger partial charge on any atom is -0.355 e. The third-order valence-electron chi connectivity index (χ3n) is 5.77. The van der Waals surface area contributed by atoms with Gasteiger partial charge in [-0.15, -0.1) is 0 Å². The number of nitrogens with one attached hydrogen (secondary N) is 1. The summed E-state index contributed by atoms with van der Waals surface area (Å²) in [4.78, 5) is 30.4. The second-order valence-electron chi connectivity index (χ2n) is 7.58. The standard InChI is InChI=1S/C21H29N3O2S/c1-5-22-19(25)15(4)27-21-23-17-11-7-6-10-16(17)20(26)24(21)18-12-8-9-13(2)14(18)3/h6-7,10-11,13-15,18H,5,8-9,12H2,1-4H3,(H,22,25)/t13-,14+,15+,18-/m1/s1. The van der Waals surface area contributed by atoms with Gasteiger partial charge in [0.2, 0.25) is 5.91 Å². The number of carbonyl (C=O) groups excluding carboxylic acids is 1. The van der Waals surface area contributed by atoms with Crippen LogP contribution in [0.25, 0.3) is 10.9 Å². The maximum Gasteiger partial charge on any atom is 0.262 e. The lowest BCUT2D eigenvalue weighted by Gasteiger charge is -2.36. The third kappa shape index (κ3) is 4.05. The van der Waals surface area contributed by atoms with Crippen LogP contribution in [0.1, 0.15) is 53.0 Å². The number of hydrogen-bond acceptors (Lipinski definition) is 4. The molecule has 0 aliphatic heterocycles. The van der Waals surface area contributed by atoms with Gasteiger partial charge in [-0.3, -0.25) is 14.2 Å². The molecule has 1 saturated carbocycles. The van der Waals surface area contributed by atoms with Crippen molar-refractivity contribution < 1.29 is 4.79 Å². The molecule has 0 bridgehead atoms. The molecule has 1 aromatic carbocycles. The van der Waals surface area contributed by atoms with Crippen LogP contribution >= 0.6 is 11.8 Å². The highest BCUT2D eigenvalue weighted by Gasteiger charge is 2.32. The minimum atomic E-state index is -0.305. The number of rotatable bonds is 5. The van der Waals surface area contributed by atoms with Crippen molar-refractivity contribution in [3.05, 3.63) is 34.6 Å². The topological polar surface area (TPSA) is 64.0 Å². The average molecular weight is 388 g/mol. The quantitative estimate of drug-likeness (QED) is 0.622. The molecule has 3 rings (SSSR count). The Labute approximate surface area is 164 Å². The van der Waals surface area contributed by atoms with Crippen molar-refractivity contribution >= 4 is 28.6 Å². The van der Waals surface area contributed by atoms with Crippen LogP contribution in [-0.4, -0.2) is 27.3 Å². The van der Waals surface area contributed by atoms with E-state index in [1.165, 1.54) is 18.2 Å². The predicted octanol–water partition coefficient (Wildman–Crippen LogP) is 4.01. The maximum absolute atomic E-state index is 13.4. The van der Waals surface area contributed by atoms with E-state index in [4.69, 9.17) is 4.98 Å². The van der Waals surface area contributed by atoms with Gasteiger partial charge in [0, 0.05) is 12.6 Å². The van der Waals surface area contributed by atoms with Crippen LogP contribution in [0.2, 0.25) is 0 Å². The van der Waals surface area contributed by atoms with Gasteiger partial charge in [0.1, 0.15) is 0 Å². The van der Waals surface area contributed by atoms with E-state index in [0.717, 1.165) is 12.8 Å². The monoisotopic (exact) mass is 387 g/mol. The first kappa shape index (κ1) is 19.9. The molecule has 1 heterocycles. The third-order valence-corrected chi connectivity index (χ3v) is 6.84. The van der Waals surface area contributed by atoms with Crippen LogP contribution in [0.15, 0.2) is 34.2 Å². The molecule has 1 fully saturated rings. The smallest absolute Gasteiger partial charge is 0.262 e. The van der Waals surface area contributed by atoms with Crippen LogP contribution in [0.3, 0.4) is 0 Å². The Hall–Kier alpha value is -1.82. The molecular formula is C21H29N3O2S. The van der Waals surface area contributed by atoms with E-state index in [0.29, 0.717) is 34.4 Å². The number of aromatic nitrogens is 2. The van der Waals surface area contributed by atoms with Gasteiger partial charge >= 0.3 is 0 Å². The second kappa shape index (κ2) is 8.46. The summed E-state index contributed by atoms with van der Waals surface area (Å²) >= 11 is 1.38. The molecule has 146 valence electrons. The van der Waals surface area contributed by atoms with Gasteiger partial charge in [0.05, 0.1) is 16.2 Å². The molecule has 27 heavy (non-hydrogen) atoms. The van der Waals surface area contributed by atoms with Gasteiger partial charge in [-0.05, 0) is 44.2 Å². The Bertz CT molecular complexity index is 879. The summed E-state index contributed by atoms with van der Waals surface area (Å²) in [5.41, 5.74) is 0.706. The largest absolute Gasteiger partial charge is 0.355 e. The first-order valence-corrected chi connectivity index (χ1v) is 10.8. The highest BCUT2D eigenvalue weighted by molar-refractivity contribution is 8.00. The summed E-state index contributed by atoms with van der Waals surface area (Å²) in [5, 5.41) is 3.86. The number of nitrogens with zero attached hydrogens (tertiary/aromatic N) is 2. The molecule has 0 spiro atoms. The number of carbonyl (C=O) groups is 1. The number of thioether (sulfide) groups is 1. The Morgan fingerprint density at radius 2 is 2.07 bits per heavy atom. The number of fused-ring (bicyclic) bond motifs is 1. The van der Waals surface area contributed by atoms with Crippen molar-refractivity contribution in [2.75, 3.05) is 6.54 Å². The fourth-order valence-corrected chi connectivity index (χ4v) is 4.94. The molecular weight excluding hydrogens is 358 g/mol. The molecule has 0 unspecified atom stereocenters. The lowest BCUT2D eigenvalue weighted by molar-refractivity contribution is -0.120. The second-order valence-corrected chi connectivity index (χ2v) is 8.88. The molecule has 0 radical (unpaired) electrons. The normalized spacial score (nSPS) is 23.9. The molecule has 1 aliphatic rings. The van der Waals surface area contributed by atoms with Gasteiger partial charge in [-0.2, -0.15) is 0 Å². The van der Waals surface area contributed by atoms with Crippen molar-refractivity contribution in [2.45, 2.75) is 63.4 Å². The van der Waals surface area contributed by atoms with Crippen molar-refractivity contribution in [1.29, 1.82) is 0 Å². The van der Waals surface area contributed by atoms with E-state index in [-0.39, 0.29) is 22.8 Å². The van der Waals surface area contributed by atoms with E-state index < -0.39 is 0 Å². The molecule has 6 heteroatoms. The maximum atomic E-state index is 13.4. The first-order chi connectivity index (χ1) is 12.9. The molecule has 5 nitrogen and oxygen atoms in total. The zero-order valence-corrected chi connectivity index (χ0v) is 17.4. The minimum absolute atomic E-state index is 0.0112. The van der Waals surface area contributed by atoms with E-state index in [1.54, 1.807) is 0 Å². The molecule has 1 amide bonds. The fourth-order valence-electron chi connectivity index (χ4n) is 3.95. The van der Waals surface area contributed by atoms with E-state index in [9.17, 15) is 9.59 Å². The predicted molar refractivity (Wildman–Crippen MR) is 111 cm³/mol. The molecule has 1 N–H and O–H groups in total. The van der Waals surface area contributed by atoms with Crippen molar-refractivity contribution in [2.24, 2.45) is 11.8 Å². The average Bonchev–Trinajstić information content (AvgIpc) is 2.65. The Balaban J connectivity index is 2.10. The Morgan fingerprint density at radius 3 is 2.81 bits per heavy atom. The number of benzene rings is 1. The summed E-state index contributed by atoms with van der Waals surface area (Å²) in [6.45, 7) is 8.87. The van der Waals surface area contributed by atoms with Crippen LogP contribution in [0.4, 0.5) is 0 Å². The molecule has 4 atom stereocenters. The summed E-state index contributed by atoms with van der Waals surface area (Å²) in [7, 11) is 0. The number of hydrogen-bond donors (Lipinski definition) is 1. The summed E-state index contributed by atoms with van der Waals surface area (Å²) in [6, 6.07) is 7.62. The molecule has 1 aliphatic carbocycles. The lowest BCUT2D eigenvalue weighted by atomic mass is 9.78. The van der Waals surface area contributed by atoms with E-state index >= 15 is 0 Å². The van der Waals surface area contributed by atoms with Gasteiger partial charge in [0.15, 0.2) is 5.16 Å². The molecule has 0 saturated heterocycles. The summed E-state index contributed by atoms with van der Waals surface area (Å²) in [5.74, 6) is 0.945. The van der Waals surface area contributed by atoms with Crippen molar-refractivity contribution in [3.8, 4) is 0 Å². The van der Waals surface area contributed by atoms with E-state index in [1.807, 2.05) is 42.7 Å². The van der Waals surface area contributed by atoms with Crippen LogP contribution < -0.4 is 10.9 Å². The van der Waals surface area contributed by atoms with Crippen molar-refractivity contribution in [1.82, 2.24) is 14.9 Å². The highest BCUT2D eigenvalue weighted by Crippen LogP contribution is 2.39. The first-order valence-electron chi connectivity index (χ1n) is 9.89. The lowest BCUT2D eigenvalue weighted by Crippen LogP contribution is -2.36. The van der Waals surface area contributed by atoms with Gasteiger partial charge in [-0.1, -0.05) is 50.6 Å². The van der Waals surface area contributed by atoms with Crippen molar-refractivity contribution in [3.63, 3.8) is 0 Å². The zero-order chi connectivity index (χ0) is 19.6. The Morgan fingerprint density at radius 1 is 1.33 bits per heavy atom. The van der Waals surface area contributed by atoms with Crippen LogP contribution in [0.5, 0.6) is 0 Å². The van der Waals surface area contributed by atoms with Crippen LogP contribution in [-0.2, 0) is 4.79 Å². The highest BCUT2D eigenvalue weighted by atomic mass is 32.2. The molecule has 1 aromatic heterocycles. The number of para-hydroxylation sites is 1. The van der Waals surface area contributed by atoms with Gasteiger partial charge in [-0.25, -0.2) is 4.98 Å². The van der Waals surface area contributed by atoms with Crippen LogP contribution in [0, 0.1) is 11.8 Å². The Kier molecular flexibility index (Phi) is 6.25. The SMILES string of the molecule is CCNC(=O)[C@H](C)Sc1nc2ccccc2c(=O)n1[C@@H]1CCC[C@@H](C)[C@@H]1C. The number of amides is 1.